The zero-order chi connectivity index (χ0) is 15.7. The smallest absolute Gasteiger partial charge is 0.413 e. The Balaban J connectivity index is 2.39. The van der Waals surface area contributed by atoms with Gasteiger partial charge in [-0.3, -0.25) is 10.1 Å². The second-order valence-corrected chi connectivity index (χ2v) is 3.73. The molecule has 0 spiro atoms. The number of amides is 2. The van der Waals surface area contributed by atoms with Crippen molar-refractivity contribution in [3.8, 4) is 0 Å². The number of nitrogens with one attached hydrogen (secondary N) is 1. The Morgan fingerprint density at radius 2 is 1.95 bits per heavy atom. The first-order chi connectivity index (χ1) is 10.0. The van der Waals surface area contributed by atoms with Crippen LogP contribution in [0.1, 0.15) is 12.5 Å². The minimum Gasteiger partial charge on any atom is -0.452 e. The minimum absolute atomic E-state index is 0.115. The van der Waals surface area contributed by atoms with Crippen LogP contribution in [0.5, 0.6) is 0 Å². The van der Waals surface area contributed by atoms with Crippen molar-refractivity contribution in [3.63, 3.8) is 0 Å². The molecule has 1 aromatic carbocycles. The second kappa shape index (κ2) is 8.47. The Bertz CT molecular complexity index is 556. The van der Waals surface area contributed by atoms with Gasteiger partial charge >= 0.3 is 12.1 Å². The van der Waals surface area contributed by atoms with Crippen molar-refractivity contribution in [1.29, 1.82) is 0 Å². The van der Waals surface area contributed by atoms with Gasteiger partial charge in [-0.1, -0.05) is 18.2 Å². The average molecular weight is 295 g/mol. The van der Waals surface area contributed by atoms with Crippen LogP contribution in [0.25, 0.3) is 6.08 Å². The van der Waals surface area contributed by atoms with Gasteiger partial charge in [0.1, 0.15) is 5.82 Å². The molecule has 0 aromatic heterocycles. The van der Waals surface area contributed by atoms with Gasteiger partial charge in [0.2, 0.25) is 0 Å². The molecule has 0 radical (unpaired) electrons. The molecule has 0 saturated heterocycles. The van der Waals surface area contributed by atoms with Gasteiger partial charge in [0.05, 0.1) is 6.61 Å². The first-order valence-corrected chi connectivity index (χ1v) is 6.09. The quantitative estimate of drug-likeness (QED) is 0.660. The molecule has 1 N–H and O–H groups in total. The summed E-state index contributed by atoms with van der Waals surface area (Å²) in [6, 6.07) is 5.86. The normalized spacial score (nSPS) is 10.2. The molecular weight excluding hydrogens is 281 g/mol. The van der Waals surface area contributed by atoms with E-state index in [2.05, 4.69) is 9.47 Å². The van der Waals surface area contributed by atoms with Gasteiger partial charge in [-0.15, -0.1) is 0 Å². The van der Waals surface area contributed by atoms with E-state index in [0.29, 0.717) is 0 Å². The van der Waals surface area contributed by atoms with Crippen LogP contribution in [-0.4, -0.2) is 31.2 Å². The number of imide groups is 1. The summed E-state index contributed by atoms with van der Waals surface area (Å²) in [6.45, 7) is 1.06. The third-order valence-electron chi connectivity index (χ3n) is 2.17. The zero-order valence-electron chi connectivity index (χ0n) is 11.3. The van der Waals surface area contributed by atoms with E-state index in [1.807, 2.05) is 5.32 Å². The molecule has 0 bridgehead atoms. The van der Waals surface area contributed by atoms with Gasteiger partial charge in [0.15, 0.2) is 6.61 Å². The van der Waals surface area contributed by atoms with Crippen molar-refractivity contribution in [2.24, 2.45) is 0 Å². The Morgan fingerprint density at radius 1 is 1.24 bits per heavy atom. The van der Waals surface area contributed by atoms with Gasteiger partial charge in [0.25, 0.3) is 5.91 Å². The first-order valence-electron chi connectivity index (χ1n) is 6.09. The van der Waals surface area contributed by atoms with E-state index in [1.165, 1.54) is 24.3 Å². The van der Waals surface area contributed by atoms with Crippen molar-refractivity contribution in [2.75, 3.05) is 13.2 Å². The number of carbonyl (C=O) groups is 3. The number of rotatable bonds is 5. The van der Waals surface area contributed by atoms with Crippen molar-refractivity contribution in [1.82, 2.24) is 5.32 Å². The van der Waals surface area contributed by atoms with Gasteiger partial charge in [-0.05, 0) is 19.1 Å². The Morgan fingerprint density at radius 3 is 2.62 bits per heavy atom. The molecule has 0 aliphatic heterocycles. The van der Waals surface area contributed by atoms with E-state index in [0.717, 1.165) is 6.08 Å². The lowest BCUT2D eigenvalue weighted by Crippen LogP contribution is -2.34. The Kier molecular flexibility index (Phi) is 6.59. The van der Waals surface area contributed by atoms with E-state index in [-0.39, 0.29) is 12.2 Å². The van der Waals surface area contributed by atoms with Crippen LogP contribution < -0.4 is 5.32 Å². The molecule has 0 fully saturated rings. The Hall–Kier alpha value is -2.70. The van der Waals surface area contributed by atoms with Crippen LogP contribution in [0.4, 0.5) is 9.18 Å². The van der Waals surface area contributed by atoms with E-state index in [4.69, 9.17) is 0 Å². The predicted molar refractivity (Wildman–Crippen MR) is 71.6 cm³/mol. The molecule has 6 nitrogen and oxygen atoms in total. The number of carbonyl (C=O) groups excluding carboxylic acids is 3. The molecule has 1 rings (SSSR count). The summed E-state index contributed by atoms with van der Waals surface area (Å²) in [7, 11) is 0. The molecule has 0 saturated carbocycles. The fourth-order valence-electron chi connectivity index (χ4n) is 1.27. The number of alkyl carbamates (subject to hydrolysis) is 1. The van der Waals surface area contributed by atoms with Crippen molar-refractivity contribution in [3.05, 3.63) is 41.7 Å². The Labute approximate surface area is 120 Å². The molecule has 0 atom stereocenters. The van der Waals surface area contributed by atoms with Crippen LogP contribution in [0.15, 0.2) is 30.3 Å². The van der Waals surface area contributed by atoms with Crippen LogP contribution in [0.2, 0.25) is 0 Å². The number of hydrogen-bond donors (Lipinski definition) is 1. The molecule has 7 heteroatoms. The summed E-state index contributed by atoms with van der Waals surface area (Å²) in [4.78, 5) is 33.4. The van der Waals surface area contributed by atoms with E-state index in [1.54, 1.807) is 13.0 Å². The SMILES string of the molecule is CCOC(=O)NC(=O)COC(=O)/C=C/c1ccccc1F. The maximum atomic E-state index is 13.3. The van der Waals surface area contributed by atoms with Gasteiger partial charge in [0, 0.05) is 11.6 Å². The summed E-state index contributed by atoms with van der Waals surface area (Å²) in [6.07, 6.45) is 1.29. The fraction of sp³-hybridized carbons (Fsp3) is 0.214. The van der Waals surface area contributed by atoms with Crippen molar-refractivity contribution in [2.45, 2.75) is 6.92 Å². The standard InChI is InChI=1S/C14H14FNO5/c1-2-20-14(19)16-12(17)9-21-13(18)8-7-10-5-3-4-6-11(10)15/h3-8H,2,9H2,1H3,(H,16,17,19)/b8-7+. The highest BCUT2D eigenvalue weighted by atomic mass is 19.1. The molecule has 21 heavy (non-hydrogen) atoms. The van der Waals surface area contributed by atoms with Crippen molar-refractivity contribution < 1.29 is 28.2 Å². The van der Waals surface area contributed by atoms with Crippen molar-refractivity contribution >= 4 is 24.0 Å². The highest BCUT2D eigenvalue weighted by molar-refractivity contribution is 5.94. The minimum atomic E-state index is -0.916. The lowest BCUT2D eigenvalue weighted by atomic mass is 10.2. The molecule has 0 unspecified atom stereocenters. The largest absolute Gasteiger partial charge is 0.452 e. The first kappa shape index (κ1) is 16.4. The fourth-order valence-corrected chi connectivity index (χ4v) is 1.27. The van der Waals surface area contributed by atoms with Gasteiger partial charge in [-0.25, -0.2) is 14.0 Å². The summed E-state index contributed by atoms with van der Waals surface area (Å²) in [5, 5.41) is 1.86. The number of hydrogen-bond acceptors (Lipinski definition) is 5. The van der Waals surface area contributed by atoms with Crippen LogP contribution >= 0.6 is 0 Å². The molecule has 2 amide bonds. The van der Waals surface area contributed by atoms with Crippen LogP contribution in [0.3, 0.4) is 0 Å². The third kappa shape index (κ3) is 6.33. The summed E-state index contributed by atoms with van der Waals surface area (Å²) in [5.41, 5.74) is 0.213. The summed E-state index contributed by atoms with van der Waals surface area (Å²) >= 11 is 0. The van der Waals surface area contributed by atoms with Crippen LogP contribution in [-0.2, 0) is 19.1 Å². The molecule has 0 heterocycles. The van der Waals surface area contributed by atoms with E-state index in [9.17, 15) is 18.8 Å². The zero-order valence-corrected chi connectivity index (χ0v) is 11.3. The monoisotopic (exact) mass is 295 g/mol. The highest BCUT2D eigenvalue weighted by Gasteiger charge is 2.10. The summed E-state index contributed by atoms with van der Waals surface area (Å²) in [5.74, 6) is -2.14. The number of halogens is 1. The second-order valence-electron chi connectivity index (χ2n) is 3.73. The molecule has 1 aromatic rings. The van der Waals surface area contributed by atoms with Crippen LogP contribution in [0, 0.1) is 5.82 Å². The highest BCUT2D eigenvalue weighted by Crippen LogP contribution is 2.08. The average Bonchev–Trinajstić information content (AvgIpc) is 2.44. The maximum Gasteiger partial charge on any atom is 0.413 e. The van der Waals surface area contributed by atoms with Gasteiger partial charge < -0.3 is 9.47 Å². The molecule has 0 aliphatic carbocycles. The maximum absolute atomic E-state index is 13.3. The lowest BCUT2D eigenvalue weighted by molar-refractivity contribution is -0.143. The summed E-state index contributed by atoms with van der Waals surface area (Å²) < 4.78 is 22.3. The number of benzene rings is 1. The van der Waals surface area contributed by atoms with Gasteiger partial charge in [-0.2, -0.15) is 0 Å². The third-order valence-corrected chi connectivity index (χ3v) is 2.17. The molecule has 112 valence electrons. The predicted octanol–water partition coefficient (Wildman–Crippen LogP) is 1.65. The van der Waals surface area contributed by atoms with E-state index < -0.39 is 30.4 Å². The topological polar surface area (TPSA) is 81.7 Å². The number of ether oxygens (including phenoxy) is 2. The molecular formula is C14H14FNO5. The van der Waals surface area contributed by atoms with E-state index >= 15 is 0 Å². The lowest BCUT2D eigenvalue weighted by Gasteiger charge is -2.04. The molecule has 0 aliphatic rings. The number of esters is 1.